The molecule has 0 unspecified atom stereocenters. The van der Waals surface area contributed by atoms with Gasteiger partial charge in [-0.1, -0.05) is 32.1 Å². The van der Waals surface area contributed by atoms with Gasteiger partial charge in [-0.3, -0.25) is 0 Å². The Morgan fingerprint density at radius 1 is 1.00 bits per heavy atom. The average molecular weight is 208 g/mol. The summed E-state index contributed by atoms with van der Waals surface area (Å²) in [6.45, 7) is 0.888. The number of rotatable bonds is 5. The first-order valence-corrected chi connectivity index (χ1v) is 5.45. The smallest absolute Gasteiger partial charge is 0.211 e. The molecule has 0 heterocycles. The second-order valence-corrected chi connectivity index (χ2v) is 4.02. The Kier molecular flexibility index (Phi) is 5.60. The summed E-state index contributed by atoms with van der Waals surface area (Å²) in [4.78, 5) is 27.3. The van der Waals surface area contributed by atoms with Crippen LogP contribution in [0.1, 0.15) is 32.1 Å². The van der Waals surface area contributed by atoms with E-state index in [0.29, 0.717) is 19.0 Å². The van der Waals surface area contributed by atoms with Gasteiger partial charge in [0.05, 0.1) is 13.1 Å². The summed E-state index contributed by atoms with van der Waals surface area (Å²) in [5.74, 6) is 0.765. The first kappa shape index (κ1) is 11.8. The molecule has 1 fully saturated rings. The van der Waals surface area contributed by atoms with Gasteiger partial charge in [0.2, 0.25) is 12.2 Å². The molecule has 1 aliphatic rings. The summed E-state index contributed by atoms with van der Waals surface area (Å²) in [7, 11) is 0. The van der Waals surface area contributed by atoms with Crippen molar-refractivity contribution in [1.82, 2.24) is 0 Å². The molecule has 4 heteroatoms. The number of hydrogen-bond donors (Lipinski definition) is 0. The molecule has 0 N–H and O–H groups in total. The molecule has 4 nitrogen and oxygen atoms in total. The molecule has 82 valence electrons. The van der Waals surface area contributed by atoms with Crippen molar-refractivity contribution in [2.45, 2.75) is 32.1 Å². The minimum atomic E-state index is 0.216. The van der Waals surface area contributed by atoms with E-state index in [0.717, 1.165) is 12.8 Å². The van der Waals surface area contributed by atoms with Crippen LogP contribution in [0.4, 0.5) is 0 Å². The number of nitrogens with zero attached hydrogens (tertiary/aromatic N) is 2. The van der Waals surface area contributed by atoms with Gasteiger partial charge in [0.15, 0.2) is 0 Å². The maximum absolute atomic E-state index is 10.1. The molecule has 0 aromatic carbocycles. The van der Waals surface area contributed by atoms with Crippen LogP contribution >= 0.6 is 0 Å². The minimum absolute atomic E-state index is 0.216. The average Bonchev–Trinajstić information content (AvgIpc) is 2.30. The van der Waals surface area contributed by atoms with E-state index in [2.05, 4.69) is 9.98 Å². The summed E-state index contributed by atoms with van der Waals surface area (Å²) < 4.78 is 0. The SMILES string of the molecule is O=C=NCC(CN=C=O)C1CCCCC1. The highest BCUT2D eigenvalue weighted by Crippen LogP contribution is 2.30. The van der Waals surface area contributed by atoms with Crippen molar-refractivity contribution >= 4 is 12.2 Å². The van der Waals surface area contributed by atoms with Crippen molar-refractivity contribution in [1.29, 1.82) is 0 Å². The van der Waals surface area contributed by atoms with E-state index in [1.807, 2.05) is 0 Å². The molecule has 0 amide bonds. The molecule has 0 radical (unpaired) electrons. The molecule has 0 atom stereocenters. The van der Waals surface area contributed by atoms with E-state index in [1.54, 1.807) is 12.2 Å². The maximum Gasteiger partial charge on any atom is 0.234 e. The molecule has 1 saturated carbocycles. The zero-order valence-corrected chi connectivity index (χ0v) is 8.82. The highest BCUT2D eigenvalue weighted by Gasteiger charge is 2.23. The van der Waals surface area contributed by atoms with E-state index in [1.165, 1.54) is 19.3 Å². The third-order valence-corrected chi connectivity index (χ3v) is 3.10. The maximum atomic E-state index is 10.1. The summed E-state index contributed by atoms with van der Waals surface area (Å²) >= 11 is 0. The molecule has 1 rings (SSSR count). The molecular formula is C11H16N2O2. The van der Waals surface area contributed by atoms with E-state index >= 15 is 0 Å². The molecular weight excluding hydrogens is 192 g/mol. The first-order valence-electron chi connectivity index (χ1n) is 5.45. The Hall–Kier alpha value is -1.24. The number of hydrogen-bond acceptors (Lipinski definition) is 4. The Morgan fingerprint density at radius 3 is 2.00 bits per heavy atom. The fourth-order valence-corrected chi connectivity index (χ4v) is 2.27. The first-order chi connectivity index (χ1) is 7.38. The summed E-state index contributed by atoms with van der Waals surface area (Å²) in [5, 5.41) is 0. The Balaban J connectivity index is 2.51. The molecule has 0 bridgehead atoms. The van der Waals surface area contributed by atoms with Gasteiger partial charge in [0.1, 0.15) is 0 Å². The quantitative estimate of drug-likeness (QED) is 0.511. The van der Waals surface area contributed by atoms with Crippen LogP contribution < -0.4 is 0 Å². The van der Waals surface area contributed by atoms with Crippen LogP contribution in [0.3, 0.4) is 0 Å². The Labute approximate surface area is 89.5 Å². The van der Waals surface area contributed by atoms with Crippen molar-refractivity contribution < 1.29 is 9.59 Å². The Morgan fingerprint density at radius 2 is 1.53 bits per heavy atom. The zero-order chi connectivity index (χ0) is 10.9. The Bertz CT molecular complexity index is 252. The summed E-state index contributed by atoms with van der Waals surface area (Å²) in [5.41, 5.74) is 0. The highest BCUT2D eigenvalue weighted by molar-refractivity contribution is 5.33. The van der Waals surface area contributed by atoms with Crippen molar-refractivity contribution in [2.24, 2.45) is 21.8 Å². The second kappa shape index (κ2) is 7.10. The molecule has 0 aromatic rings. The van der Waals surface area contributed by atoms with Crippen molar-refractivity contribution in [3.63, 3.8) is 0 Å². The van der Waals surface area contributed by atoms with Gasteiger partial charge >= 0.3 is 0 Å². The lowest BCUT2D eigenvalue weighted by molar-refractivity contribution is 0.259. The molecule has 0 aromatic heterocycles. The van der Waals surface area contributed by atoms with Gasteiger partial charge in [-0.2, -0.15) is 0 Å². The largest absolute Gasteiger partial charge is 0.234 e. The summed E-state index contributed by atoms with van der Waals surface area (Å²) in [6.07, 6.45) is 9.17. The number of aliphatic imine (C=N–C) groups is 2. The van der Waals surface area contributed by atoms with Crippen LogP contribution in [-0.2, 0) is 9.59 Å². The van der Waals surface area contributed by atoms with Crippen LogP contribution in [0.2, 0.25) is 0 Å². The lowest BCUT2D eigenvalue weighted by Gasteiger charge is -2.27. The summed E-state index contributed by atoms with van der Waals surface area (Å²) in [6, 6.07) is 0. The van der Waals surface area contributed by atoms with Crippen LogP contribution in [0, 0.1) is 11.8 Å². The van der Waals surface area contributed by atoms with E-state index in [9.17, 15) is 9.59 Å². The van der Waals surface area contributed by atoms with Gasteiger partial charge in [-0.25, -0.2) is 19.6 Å². The van der Waals surface area contributed by atoms with Crippen molar-refractivity contribution in [3.05, 3.63) is 0 Å². The lowest BCUT2D eigenvalue weighted by atomic mass is 9.80. The van der Waals surface area contributed by atoms with Gasteiger partial charge in [0, 0.05) is 5.92 Å². The molecule has 0 spiro atoms. The number of carbonyl (C=O) groups excluding carboxylic acids is 2. The monoisotopic (exact) mass is 208 g/mol. The van der Waals surface area contributed by atoms with Crippen LogP contribution in [0.15, 0.2) is 9.98 Å². The van der Waals surface area contributed by atoms with Crippen LogP contribution in [-0.4, -0.2) is 25.2 Å². The van der Waals surface area contributed by atoms with E-state index in [-0.39, 0.29) is 5.92 Å². The molecule has 15 heavy (non-hydrogen) atoms. The minimum Gasteiger partial charge on any atom is -0.211 e. The predicted octanol–water partition coefficient (Wildman–Crippen LogP) is 1.85. The van der Waals surface area contributed by atoms with Gasteiger partial charge < -0.3 is 0 Å². The van der Waals surface area contributed by atoms with Crippen molar-refractivity contribution in [3.8, 4) is 0 Å². The highest BCUT2D eigenvalue weighted by atomic mass is 16.1. The fraction of sp³-hybridized carbons (Fsp3) is 0.818. The molecule has 0 saturated heterocycles. The van der Waals surface area contributed by atoms with Crippen LogP contribution in [0.5, 0.6) is 0 Å². The van der Waals surface area contributed by atoms with Crippen molar-refractivity contribution in [2.75, 3.05) is 13.1 Å². The van der Waals surface area contributed by atoms with E-state index < -0.39 is 0 Å². The third kappa shape index (κ3) is 4.20. The molecule has 0 aliphatic heterocycles. The van der Waals surface area contributed by atoms with Gasteiger partial charge in [0.25, 0.3) is 0 Å². The predicted molar refractivity (Wildman–Crippen MR) is 56.0 cm³/mol. The normalized spacial score (nSPS) is 18.7. The lowest BCUT2D eigenvalue weighted by Crippen LogP contribution is -2.23. The van der Waals surface area contributed by atoms with Crippen LogP contribution in [0.25, 0.3) is 0 Å². The fourth-order valence-electron chi connectivity index (χ4n) is 2.27. The van der Waals surface area contributed by atoms with Gasteiger partial charge in [-0.15, -0.1) is 0 Å². The molecule has 1 aliphatic carbocycles. The zero-order valence-electron chi connectivity index (χ0n) is 8.82. The standard InChI is InChI=1S/C11H16N2O2/c14-8-12-6-11(7-13-9-15)10-4-2-1-3-5-10/h10-11H,1-7H2. The topological polar surface area (TPSA) is 58.9 Å². The number of isocyanates is 2. The second-order valence-electron chi connectivity index (χ2n) is 4.02. The van der Waals surface area contributed by atoms with Gasteiger partial charge in [-0.05, 0) is 5.92 Å². The third-order valence-electron chi connectivity index (χ3n) is 3.10. The van der Waals surface area contributed by atoms with E-state index in [4.69, 9.17) is 0 Å².